The lowest BCUT2D eigenvalue weighted by molar-refractivity contribution is 0.411. The van der Waals surface area contributed by atoms with Gasteiger partial charge in [0.25, 0.3) is 0 Å². The molecule has 0 bridgehead atoms. The van der Waals surface area contributed by atoms with Crippen molar-refractivity contribution >= 4 is 34.8 Å². The normalized spacial score (nSPS) is 9.72. The largest absolute Gasteiger partial charge is 0.504 e. The van der Waals surface area contributed by atoms with Crippen LogP contribution in [0.4, 0.5) is 0 Å². The maximum Gasteiger partial charge on any atom is 0.169 e. The Balaban J connectivity index is 0.00000162. The molecule has 0 aliphatic rings. The van der Waals surface area contributed by atoms with Gasteiger partial charge in [-0.25, -0.2) is 0 Å². The van der Waals surface area contributed by atoms with Crippen LogP contribution in [-0.4, -0.2) is 10.6 Å². The Kier molecular flexibility index (Phi) is 5.11. The van der Waals surface area contributed by atoms with Crippen molar-refractivity contribution in [1.29, 1.82) is 0 Å². The Morgan fingerprint density at radius 2 is 1.39 bits per heavy atom. The van der Waals surface area contributed by atoms with E-state index in [2.05, 4.69) is 0 Å². The van der Waals surface area contributed by atoms with Crippen LogP contribution in [0.2, 0.25) is 15.1 Å². The van der Waals surface area contributed by atoms with Gasteiger partial charge in [-0.3, -0.25) is 0 Å². The first-order chi connectivity index (χ1) is 8.06. The molecule has 96 valence electrons. The predicted octanol–water partition coefficient (Wildman–Crippen LogP) is 4.32. The van der Waals surface area contributed by atoms with Gasteiger partial charge in [-0.2, -0.15) is 0 Å². The molecule has 0 saturated carbocycles. The Labute approximate surface area is 119 Å². The van der Waals surface area contributed by atoms with Crippen molar-refractivity contribution in [2.75, 3.05) is 0 Å². The summed E-state index contributed by atoms with van der Waals surface area (Å²) < 4.78 is 5.45. The van der Waals surface area contributed by atoms with E-state index < -0.39 is 0 Å². The van der Waals surface area contributed by atoms with Crippen molar-refractivity contribution < 1.29 is 15.3 Å². The van der Waals surface area contributed by atoms with E-state index in [4.69, 9.17) is 39.5 Å². The summed E-state index contributed by atoms with van der Waals surface area (Å²) in [6.07, 6.45) is 0. The molecule has 0 aliphatic carbocycles. The van der Waals surface area contributed by atoms with Crippen LogP contribution in [0, 0.1) is 0 Å². The molecule has 0 radical (unpaired) electrons. The molecule has 2 aromatic carbocycles. The third kappa shape index (κ3) is 3.43. The average molecular weight is 308 g/mol. The summed E-state index contributed by atoms with van der Waals surface area (Å²) in [7, 11) is 0. The van der Waals surface area contributed by atoms with Crippen molar-refractivity contribution in [2.24, 2.45) is 0 Å². The highest BCUT2D eigenvalue weighted by atomic mass is 35.5. The summed E-state index contributed by atoms with van der Waals surface area (Å²) >= 11 is 17.4. The number of phenols is 1. The second-order valence-corrected chi connectivity index (χ2v) is 4.57. The van der Waals surface area contributed by atoms with Crippen molar-refractivity contribution in [2.45, 2.75) is 0 Å². The van der Waals surface area contributed by atoms with Crippen LogP contribution >= 0.6 is 34.8 Å². The minimum atomic E-state index is -0.0523. The number of rotatable bonds is 2. The topological polar surface area (TPSA) is 61.0 Å². The first-order valence-electron chi connectivity index (χ1n) is 4.67. The fourth-order valence-electron chi connectivity index (χ4n) is 1.25. The van der Waals surface area contributed by atoms with Gasteiger partial charge in [0.2, 0.25) is 0 Å². The highest BCUT2D eigenvalue weighted by molar-refractivity contribution is 6.35. The molecule has 0 aromatic heterocycles. The molecule has 0 saturated heterocycles. The number of hydrogen-bond acceptors (Lipinski definition) is 2. The third-order valence-electron chi connectivity index (χ3n) is 2.03. The number of phenolic OH excluding ortho intramolecular Hbond substituents is 1. The van der Waals surface area contributed by atoms with E-state index >= 15 is 0 Å². The Morgan fingerprint density at radius 3 is 1.94 bits per heavy atom. The molecular formula is C12H9Cl3O3. The summed E-state index contributed by atoms with van der Waals surface area (Å²) in [5.41, 5.74) is 0. The summed E-state index contributed by atoms with van der Waals surface area (Å²) in [6.45, 7) is 0. The number of aromatic hydroxyl groups is 1. The van der Waals surface area contributed by atoms with E-state index in [0.717, 1.165) is 0 Å². The highest BCUT2D eigenvalue weighted by Gasteiger charge is 2.08. The Hall–Kier alpha value is -1.13. The van der Waals surface area contributed by atoms with E-state index in [9.17, 15) is 5.11 Å². The molecule has 0 amide bonds. The Morgan fingerprint density at radius 1 is 0.833 bits per heavy atom. The zero-order valence-electron chi connectivity index (χ0n) is 8.95. The van der Waals surface area contributed by atoms with Gasteiger partial charge in [0.1, 0.15) is 5.75 Å². The second-order valence-electron chi connectivity index (χ2n) is 3.29. The van der Waals surface area contributed by atoms with Gasteiger partial charge < -0.3 is 15.3 Å². The van der Waals surface area contributed by atoms with Crippen LogP contribution in [0.5, 0.6) is 17.2 Å². The summed E-state index contributed by atoms with van der Waals surface area (Å²) in [5, 5.41) is 10.9. The summed E-state index contributed by atoms with van der Waals surface area (Å²) in [4.78, 5) is 0. The highest BCUT2D eigenvalue weighted by Crippen LogP contribution is 2.36. The molecule has 6 heteroatoms. The first kappa shape index (κ1) is 14.9. The van der Waals surface area contributed by atoms with Gasteiger partial charge in [0, 0.05) is 16.1 Å². The quantitative estimate of drug-likeness (QED) is 0.898. The molecule has 2 rings (SSSR count). The molecule has 18 heavy (non-hydrogen) atoms. The zero-order valence-corrected chi connectivity index (χ0v) is 11.2. The first-order valence-corrected chi connectivity index (χ1v) is 5.81. The zero-order chi connectivity index (χ0) is 12.4. The van der Waals surface area contributed by atoms with Gasteiger partial charge in [-0.15, -0.1) is 0 Å². The number of halogens is 3. The molecule has 0 atom stereocenters. The second kappa shape index (κ2) is 6.16. The summed E-state index contributed by atoms with van der Waals surface area (Å²) in [5.74, 6) is 0.635. The standard InChI is InChI=1S/C12H7Cl3O2.H2O/c13-7-1-3-11(9(15)5-7)17-12-4-2-8(14)6-10(12)16;/h1-6,16H;1H2. The average Bonchev–Trinajstić information content (AvgIpc) is 2.25. The van der Waals surface area contributed by atoms with Crippen molar-refractivity contribution in [3.8, 4) is 17.2 Å². The summed E-state index contributed by atoms with van der Waals surface area (Å²) in [6, 6.07) is 9.39. The van der Waals surface area contributed by atoms with Crippen LogP contribution in [0.15, 0.2) is 36.4 Å². The molecule has 0 aliphatic heterocycles. The molecule has 3 nitrogen and oxygen atoms in total. The van der Waals surface area contributed by atoms with Crippen LogP contribution in [0.1, 0.15) is 0 Å². The maximum atomic E-state index is 9.62. The van der Waals surface area contributed by atoms with Crippen LogP contribution in [0.25, 0.3) is 0 Å². The minimum Gasteiger partial charge on any atom is -0.504 e. The van der Waals surface area contributed by atoms with E-state index in [1.807, 2.05) is 0 Å². The lowest BCUT2D eigenvalue weighted by Gasteiger charge is -2.09. The maximum absolute atomic E-state index is 9.62. The molecule has 0 heterocycles. The molecular weight excluding hydrogens is 298 g/mol. The minimum absolute atomic E-state index is 0. The lowest BCUT2D eigenvalue weighted by Crippen LogP contribution is -1.86. The van der Waals surface area contributed by atoms with E-state index in [0.29, 0.717) is 20.8 Å². The molecule has 0 unspecified atom stereocenters. The van der Waals surface area contributed by atoms with Gasteiger partial charge in [0.05, 0.1) is 5.02 Å². The van der Waals surface area contributed by atoms with Gasteiger partial charge in [-0.1, -0.05) is 34.8 Å². The van der Waals surface area contributed by atoms with Crippen LogP contribution < -0.4 is 4.74 Å². The smallest absolute Gasteiger partial charge is 0.169 e. The van der Waals surface area contributed by atoms with Crippen LogP contribution in [-0.2, 0) is 0 Å². The van der Waals surface area contributed by atoms with Gasteiger partial charge >= 0.3 is 0 Å². The number of hydrogen-bond donors (Lipinski definition) is 1. The third-order valence-corrected chi connectivity index (χ3v) is 2.80. The van der Waals surface area contributed by atoms with Gasteiger partial charge in [0.15, 0.2) is 11.5 Å². The molecule has 2 aromatic rings. The molecule has 3 N–H and O–H groups in total. The lowest BCUT2D eigenvalue weighted by atomic mass is 10.3. The van der Waals surface area contributed by atoms with Crippen LogP contribution in [0.3, 0.4) is 0 Å². The number of ether oxygens (including phenoxy) is 1. The van der Waals surface area contributed by atoms with E-state index in [1.54, 1.807) is 30.3 Å². The fraction of sp³-hybridized carbons (Fsp3) is 0. The molecule has 0 spiro atoms. The van der Waals surface area contributed by atoms with Crippen molar-refractivity contribution in [3.63, 3.8) is 0 Å². The number of benzene rings is 2. The molecule has 0 fully saturated rings. The predicted molar refractivity (Wildman–Crippen MR) is 73.3 cm³/mol. The SMILES string of the molecule is O.Oc1cc(Cl)ccc1Oc1ccc(Cl)cc1Cl. The monoisotopic (exact) mass is 306 g/mol. The van der Waals surface area contributed by atoms with Crippen molar-refractivity contribution in [1.82, 2.24) is 0 Å². The fourth-order valence-corrected chi connectivity index (χ4v) is 1.87. The Bertz CT molecular complexity index is 509. The van der Waals surface area contributed by atoms with E-state index in [-0.39, 0.29) is 17.0 Å². The van der Waals surface area contributed by atoms with Crippen molar-refractivity contribution in [3.05, 3.63) is 51.5 Å². The van der Waals surface area contributed by atoms with E-state index in [1.165, 1.54) is 6.07 Å². The van der Waals surface area contributed by atoms with Gasteiger partial charge in [-0.05, 0) is 30.3 Å².